The Labute approximate surface area is 761 Å². The first-order chi connectivity index (χ1) is 63.3. The number of para-hydroxylation sites is 3. The van der Waals surface area contributed by atoms with Crippen molar-refractivity contribution in [3.8, 4) is 45.0 Å². The van der Waals surface area contributed by atoms with E-state index >= 15 is 0 Å². The van der Waals surface area contributed by atoms with Crippen molar-refractivity contribution in [3.05, 3.63) is 288 Å². The number of nitrogens with zero attached hydrogens (tertiary/aromatic N) is 4. The van der Waals surface area contributed by atoms with Crippen LogP contribution in [0.2, 0.25) is 0 Å². The van der Waals surface area contributed by atoms with Gasteiger partial charge < -0.3 is 42.8 Å². The van der Waals surface area contributed by atoms with Gasteiger partial charge in [0.1, 0.15) is 39.1 Å². The van der Waals surface area contributed by atoms with Crippen molar-refractivity contribution in [3.63, 3.8) is 0 Å². The van der Waals surface area contributed by atoms with Crippen LogP contribution >= 0.6 is 0 Å². The van der Waals surface area contributed by atoms with E-state index in [2.05, 4.69) is 122 Å². The van der Waals surface area contributed by atoms with Crippen molar-refractivity contribution in [1.29, 1.82) is 0 Å². The van der Waals surface area contributed by atoms with E-state index in [0.29, 0.717) is 74.6 Å². The molecule has 0 fully saturated rings. The van der Waals surface area contributed by atoms with Gasteiger partial charge in [-0.05, 0) is 130 Å². The van der Waals surface area contributed by atoms with E-state index in [4.69, 9.17) is 62.8 Å². The van der Waals surface area contributed by atoms with Gasteiger partial charge in [-0.15, -0.1) is 89.0 Å². The van der Waals surface area contributed by atoms with E-state index in [1.54, 1.807) is 48.5 Å². The molecule has 2 radical (unpaired) electrons. The van der Waals surface area contributed by atoms with Crippen LogP contribution in [-0.2, 0) is 75.9 Å². The monoisotopic (exact) mass is 2030 g/mol. The fourth-order valence-electron chi connectivity index (χ4n) is 14.2. The molecule has 8 heterocycles. The van der Waals surface area contributed by atoms with Crippen LogP contribution in [0, 0.1) is 67.3 Å². The fourth-order valence-corrected chi connectivity index (χ4v) is 14.2. The molecule has 122 heavy (non-hydrogen) atoms. The minimum atomic E-state index is -5.84. The maximum atomic E-state index is 10.7. The first kappa shape index (κ1) is 73.0. The average molecular weight is 2030 g/mol. The van der Waals surface area contributed by atoms with Crippen LogP contribution in [0.3, 0.4) is 0 Å². The normalized spacial score (nSPS) is 14.4. The molecule has 10 aromatic carbocycles. The van der Waals surface area contributed by atoms with Gasteiger partial charge in [-0.2, -0.15) is 21.6 Å². The summed E-state index contributed by atoms with van der Waals surface area (Å²) in [6.45, 7) is 15.0. The van der Waals surface area contributed by atoms with Crippen molar-refractivity contribution < 1.29 is 116 Å². The summed E-state index contributed by atoms with van der Waals surface area (Å²) >= 11 is 0. The third kappa shape index (κ3) is 21.5. The van der Waals surface area contributed by atoms with Gasteiger partial charge in [0.15, 0.2) is 0 Å². The number of aliphatic hydroxyl groups is 2. The van der Waals surface area contributed by atoms with E-state index in [-0.39, 0.29) is 67.7 Å². The molecule has 13 nitrogen and oxygen atoms in total. The summed E-state index contributed by atoms with van der Waals surface area (Å²) in [6, 6.07) is 71.7. The summed E-state index contributed by atoms with van der Waals surface area (Å²) in [6.07, 6.45) is 4.33. The third-order valence-electron chi connectivity index (χ3n) is 18.9. The number of aryl methyl sites for hydroxylation is 4. The minimum absolute atomic E-state index is 0. The van der Waals surface area contributed by atoms with Gasteiger partial charge in [0.05, 0.1) is 11.3 Å². The van der Waals surface area contributed by atoms with E-state index in [0.717, 1.165) is 135 Å². The molecule has 0 atom stereocenters. The second-order valence-electron chi connectivity index (χ2n) is 33.0. The second-order valence-corrected chi connectivity index (χ2v) is 34.4. The molecule has 0 spiro atoms. The molecule has 0 bridgehead atoms. The number of rotatable bonds is 8. The zero-order valence-electron chi connectivity index (χ0n) is 85.6. The van der Waals surface area contributed by atoms with Crippen LogP contribution in [0.1, 0.15) is 150 Å². The summed E-state index contributed by atoms with van der Waals surface area (Å²) in [7, 11) is -3.84. The standard InChI is InChI=1S/C33H27NO2.C33H26NO2.2C17H20N.CHF3O3S.2CH4O.2Ir/c2*1-19-18-34-26(16-20(19)17-33(2,3)4)23-13-9-14-25-29-28-24-12-7-8-15-27(24)35-31(28)21-10-5-6-11-22(21)32(29)36-30(23)25;2*1-13-5-8-15(9-6-13)16-10-7-14(12-18-16)11-17(2,3)4;2-1(3,4)8(5,6)7;2*1-2;;/h5-16,18H,17H2,1-4H3;5-12,14-16,18H,17H2,1-4H3;2*5-8,10,12H,11H2,1-4H3;(H,5,6,7);2*2H,1H3;;/q;3*-1;;;;;/i2*1D3;2*1D3,11D2;;;;;. The Morgan fingerprint density at radius 2 is 0.762 bits per heavy atom. The maximum Gasteiger partial charge on any atom is 0.522 e. The molecule has 18 rings (SSSR count). The van der Waals surface area contributed by atoms with Crippen LogP contribution in [0.25, 0.3) is 154 Å². The van der Waals surface area contributed by atoms with E-state index < -0.39 is 66.6 Å². The maximum absolute atomic E-state index is 10.7. The average Bonchev–Trinajstić information content (AvgIpc) is 1.55. The van der Waals surface area contributed by atoms with Crippen LogP contribution in [0.4, 0.5) is 13.2 Å². The van der Waals surface area contributed by atoms with Crippen LogP contribution in [-0.4, -0.2) is 62.8 Å². The molecule has 0 saturated heterocycles. The SMILES string of the molecule is CO.CO.O=S(=O)(O)C(F)(F)F.[2H]C([2H])([2H])c1c[c-]c(-c2ccc(C([2H])([2H])C(C)(C)C)cn2)cc1.[2H]C([2H])([2H])c1c[c-]c(-c2ccc(C([2H])([2H])C(C)(C)C)cn2)cc1.[2H]C([2H])([2H])c1cnc(-c2[c-]ccc3c2oc2c4ccccc4c4oc5ccccc5c4c32)cc1CC(C)(C)C.[2H]C([2H])([2H])c1cnc(-c2cccc3c2oc2c4ccccc4c4oc5ccccc5c4c32)cc1CC(C)(C)C.[Ir].[Ir]. The van der Waals surface area contributed by atoms with Crippen molar-refractivity contribution in [2.75, 3.05) is 14.2 Å². The molecule has 0 amide bonds. The van der Waals surface area contributed by atoms with Crippen molar-refractivity contribution >= 4 is 119 Å². The number of alkyl halides is 3. The molecule has 0 unspecified atom stereocenters. The Hall–Kier alpha value is -10.6. The number of halogens is 3. The first-order valence-electron chi connectivity index (χ1n) is 46.5. The second kappa shape index (κ2) is 38.5. The van der Waals surface area contributed by atoms with Gasteiger partial charge in [-0.25, -0.2) is 0 Å². The predicted octanol–water partition coefficient (Wildman–Crippen LogP) is 27.5. The summed E-state index contributed by atoms with van der Waals surface area (Å²) in [4.78, 5) is 17.9. The number of aliphatic hydroxyl groups excluding tert-OH is 2. The van der Waals surface area contributed by atoms with E-state index in [9.17, 15) is 13.2 Å². The Kier molecular flexibility index (Phi) is 23.0. The number of benzene rings is 10. The van der Waals surface area contributed by atoms with Crippen LogP contribution < -0.4 is 0 Å². The number of furan rings is 4. The third-order valence-corrected chi connectivity index (χ3v) is 19.5. The smallest absolute Gasteiger partial charge is 0.500 e. The van der Waals surface area contributed by atoms with Gasteiger partial charge in [0.25, 0.3) is 0 Å². The Bertz CT molecular complexity index is 7100. The molecule has 18 aromatic rings. The Morgan fingerprint density at radius 3 is 1.14 bits per heavy atom. The summed E-state index contributed by atoms with van der Waals surface area (Å²) in [5.41, 5.74) is 8.73. The zero-order chi connectivity index (χ0) is 100. The largest absolute Gasteiger partial charge is 0.522 e. The molecule has 8 aromatic heterocycles. The Morgan fingerprint density at radius 1 is 0.393 bits per heavy atom. The number of pyridine rings is 4. The first-order valence-corrected chi connectivity index (χ1v) is 39.9. The quantitative estimate of drug-likeness (QED) is 0.0738. The molecule has 0 aliphatic carbocycles. The molecule has 19 heteroatoms. The summed E-state index contributed by atoms with van der Waals surface area (Å²) in [5, 5.41) is 26.0. The van der Waals surface area contributed by atoms with Crippen molar-refractivity contribution in [1.82, 2.24) is 19.9 Å². The topological polar surface area (TPSA) is 199 Å². The number of aromatic nitrogens is 4. The fraction of sp³-hybridized carbons (Fsp3) is 0.262. The van der Waals surface area contributed by atoms with Gasteiger partial charge in [-0.1, -0.05) is 241 Å². The number of hydrogen-bond acceptors (Lipinski definition) is 12. The Balaban J connectivity index is 0.000000186. The molecular formula is C103H102F3Ir2N4O9S-3. The van der Waals surface area contributed by atoms with Crippen LogP contribution in [0.15, 0.2) is 243 Å². The molecule has 0 aliphatic heterocycles. The molecule has 0 saturated carbocycles. The number of hydrogen-bond donors (Lipinski definition) is 3. The van der Waals surface area contributed by atoms with Crippen LogP contribution in [0.5, 0.6) is 0 Å². The van der Waals surface area contributed by atoms with E-state index in [1.807, 2.05) is 139 Å². The van der Waals surface area contributed by atoms with Crippen molar-refractivity contribution in [2.45, 2.75) is 142 Å². The van der Waals surface area contributed by atoms with Crippen molar-refractivity contribution in [2.24, 2.45) is 21.7 Å². The molecule has 0 aliphatic rings. The molecular weight excluding hydrogens is 1910 g/mol. The summed E-state index contributed by atoms with van der Waals surface area (Å²) in [5.74, 6) is 0. The van der Waals surface area contributed by atoms with Gasteiger partial charge in [0, 0.05) is 166 Å². The molecule has 3 N–H and O–H groups in total. The molecule has 636 valence electrons. The minimum Gasteiger partial charge on any atom is -0.500 e. The number of fused-ring (bicyclic) bond motifs is 20. The van der Waals surface area contributed by atoms with Gasteiger partial charge in [0.2, 0.25) is 0 Å². The summed E-state index contributed by atoms with van der Waals surface area (Å²) < 4.78 is 209. The van der Waals surface area contributed by atoms with E-state index in [1.165, 1.54) is 36.9 Å². The predicted molar refractivity (Wildman–Crippen MR) is 485 cm³/mol. The zero-order valence-corrected chi connectivity index (χ0v) is 75.2. The van der Waals surface area contributed by atoms with Gasteiger partial charge >= 0.3 is 15.6 Å². The van der Waals surface area contributed by atoms with Gasteiger partial charge in [-0.3, -0.25) is 9.54 Å².